The fourth-order valence-electron chi connectivity index (χ4n) is 2.67. The summed E-state index contributed by atoms with van der Waals surface area (Å²) in [4.78, 5) is -0.540. The van der Waals surface area contributed by atoms with E-state index in [-0.39, 0.29) is 27.0 Å². The van der Waals surface area contributed by atoms with E-state index in [2.05, 4.69) is 0 Å². The highest BCUT2D eigenvalue weighted by molar-refractivity contribution is 7.86. The Morgan fingerprint density at radius 2 is 1.03 bits per heavy atom. The molecule has 0 aliphatic carbocycles. The Morgan fingerprint density at radius 1 is 0.677 bits per heavy atom. The second kappa shape index (κ2) is 8.55. The number of benzene rings is 3. The largest absolute Gasteiger partial charge is 0.490 e. The summed E-state index contributed by atoms with van der Waals surface area (Å²) >= 11 is 0. The minimum Gasteiger partial charge on any atom is -0.490 e. The van der Waals surface area contributed by atoms with Crippen LogP contribution in [0.5, 0.6) is 28.7 Å². The van der Waals surface area contributed by atoms with E-state index < -0.39 is 20.2 Å². The van der Waals surface area contributed by atoms with Crippen molar-refractivity contribution in [3.8, 4) is 28.7 Å². The summed E-state index contributed by atoms with van der Waals surface area (Å²) in [5.74, 6) is 1.39. The SMILES string of the molecule is COc1c(Oc2ccc(S(=O)(=O)O)cc2)cc(C)cc1Oc1ccc(S(=O)(=O)O)cc1. The van der Waals surface area contributed by atoms with Crippen LogP contribution in [0.2, 0.25) is 0 Å². The maximum atomic E-state index is 11.2. The van der Waals surface area contributed by atoms with Crippen molar-refractivity contribution in [2.75, 3.05) is 7.11 Å². The molecule has 0 spiro atoms. The van der Waals surface area contributed by atoms with Crippen LogP contribution in [0.25, 0.3) is 0 Å². The molecule has 0 radical (unpaired) electrons. The van der Waals surface area contributed by atoms with Gasteiger partial charge >= 0.3 is 0 Å². The molecule has 0 atom stereocenters. The van der Waals surface area contributed by atoms with E-state index >= 15 is 0 Å². The highest BCUT2D eigenvalue weighted by Gasteiger charge is 2.17. The van der Waals surface area contributed by atoms with Crippen LogP contribution < -0.4 is 14.2 Å². The smallest absolute Gasteiger partial charge is 0.294 e. The summed E-state index contributed by atoms with van der Waals surface area (Å²) in [6, 6.07) is 13.6. The molecule has 0 aromatic heterocycles. The maximum absolute atomic E-state index is 11.2. The fraction of sp³-hybridized carbons (Fsp3) is 0.100. The van der Waals surface area contributed by atoms with Crippen molar-refractivity contribution in [3.63, 3.8) is 0 Å². The number of hydrogen-bond donors (Lipinski definition) is 2. The number of hydrogen-bond acceptors (Lipinski definition) is 7. The Kier molecular flexibility index (Phi) is 6.23. The van der Waals surface area contributed by atoms with E-state index in [9.17, 15) is 16.8 Å². The summed E-state index contributed by atoms with van der Waals surface area (Å²) in [7, 11) is -7.23. The van der Waals surface area contributed by atoms with Gasteiger partial charge < -0.3 is 14.2 Å². The second-order valence-corrected chi connectivity index (χ2v) is 9.23. The molecule has 0 aliphatic heterocycles. The van der Waals surface area contributed by atoms with Gasteiger partial charge in [0.1, 0.15) is 11.5 Å². The summed E-state index contributed by atoms with van der Waals surface area (Å²) in [5, 5.41) is 0. The molecule has 0 saturated heterocycles. The quantitative estimate of drug-likeness (QED) is 0.493. The van der Waals surface area contributed by atoms with Crippen LogP contribution in [-0.4, -0.2) is 33.1 Å². The van der Waals surface area contributed by atoms with Gasteiger partial charge in [0.2, 0.25) is 5.75 Å². The van der Waals surface area contributed by atoms with Gasteiger partial charge in [0.05, 0.1) is 16.9 Å². The van der Waals surface area contributed by atoms with Crippen LogP contribution in [0.1, 0.15) is 5.56 Å². The predicted octanol–water partition coefficient (Wildman–Crippen LogP) is 4.08. The van der Waals surface area contributed by atoms with E-state index in [1.807, 2.05) is 0 Å². The zero-order chi connectivity index (χ0) is 22.8. The first-order chi connectivity index (χ1) is 14.5. The predicted molar refractivity (Wildman–Crippen MR) is 110 cm³/mol. The van der Waals surface area contributed by atoms with E-state index in [1.54, 1.807) is 19.1 Å². The minimum absolute atomic E-state index is 0.239. The van der Waals surface area contributed by atoms with E-state index in [4.69, 9.17) is 23.3 Å². The standard InChI is InChI=1S/C20H18O9S2/c1-13-11-18(28-14-3-7-16(8-4-14)30(21,22)23)20(27-2)19(12-13)29-15-5-9-17(10-6-15)31(24,25)26/h3-12H,1-2H3,(H,21,22,23)(H,24,25,26). The molecule has 0 unspecified atom stereocenters. The van der Waals surface area contributed by atoms with Crippen molar-refractivity contribution in [3.05, 3.63) is 66.2 Å². The van der Waals surface area contributed by atoms with Crippen LogP contribution in [0.4, 0.5) is 0 Å². The molecule has 3 rings (SSSR count). The molecule has 31 heavy (non-hydrogen) atoms. The lowest BCUT2D eigenvalue weighted by Crippen LogP contribution is -1.99. The third kappa shape index (κ3) is 5.52. The molecule has 0 heterocycles. The monoisotopic (exact) mass is 466 g/mol. The Hall–Kier alpha value is -3.12. The van der Waals surface area contributed by atoms with Crippen LogP contribution in [0.15, 0.2) is 70.5 Å². The average molecular weight is 466 g/mol. The van der Waals surface area contributed by atoms with Crippen LogP contribution in [0, 0.1) is 6.92 Å². The highest BCUT2D eigenvalue weighted by Crippen LogP contribution is 2.42. The third-order valence-electron chi connectivity index (χ3n) is 4.07. The van der Waals surface area contributed by atoms with E-state index in [1.165, 1.54) is 55.6 Å². The molecule has 9 nitrogen and oxygen atoms in total. The first-order valence-corrected chi connectivity index (χ1v) is 11.5. The zero-order valence-electron chi connectivity index (χ0n) is 16.3. The Labute approximate surface area is 179 Å². The molecule has 11 heteroatoms. The number of rotatable bonds is 7. The second-order valence-electron chi connectivity index (χ2n) is 6.39. The Bertz CT molecular complexity index is 1200. The molecule has 3 aromatic carbocycles. The van der Waals surface area contributed by atoms with Crippen molar-refractivity contribution in [2.24, 2.45) is 0 Å². The molecule has 0 amide bonds. The number of ether oxygens (including phenoxy) is 3. The maximum Gasteiger partial charge on any atom is 0.294 e. The number of methoxy groups -OCH3 is 1. The van der Waals surface area contributed by atoms with Gasteiger partial charge in [-0.3, -0.25) is 9.11 Å². The summed E-state index contributed by atoms with van der Waals surface area (Å²) < 4.78 is 79.8. The van der Waals surface area contributed by atoms with Gasteiger partial charge in [-0.05, 0) is 73.2 Å². The van der Waals surface area contributed by atoms with Gasteiger partial charge in [-0.1, -0.05) is 0 Å². The molecule has 0 bridgehead atoms. The topological polar surface area (TPSA) is 136 Å². The van der Waals surface area contributed by atoms with Gasteiger partial charge in [-0.15, -0.1) is 0 Å². The van der Waals surface area contributed by atoms with Gasteiger partial charge in [0, 0.05) is 0 Å². The van der Waals surface area contributed by atoms with Crippen molar-refractivity contribution in [1.82, 2.24) is 0 Å². The Balaban J connectivity index is 1.91. The molecule has 0 saturated carbocycles. The van der Waals surface area contributed by atoms with Crippen molar-refractivity contribution in [1.29, 1.82) is 0 Å². The zero-order valence-corrected chi connectivity index (χ0v) is 18.0. The van der Waals surface area contributed by atoms with Gasteiger partial charge in [0.15, 0.2) is 11.5 Å². The van der Waals surface area contributed by atoms with Gasteiger partial charge in [0.25, 0.3) is 20.2 Å². The molecule has 2 N–H and O–H groups in total. The molecule has 164 valence electrons. The van der Waals surface area contributed by atoms with Gasteiger partial charge in [-0.2, -0.15) is 16.8 Å². The lowest BCUT2D eigenvalue weighted by molar-refractivity contribution is 0.352. The molecule has 3 aromatic rings. The molecular weight excluding hydrogens is 448 g/mol. The van der Waals surface area contributed by atoms with Crippen LogP contribution >= 0.6 is 0 Å². The summed E-state index contributed by atoms with van der Waals surface area (Å²) in [5.41, 5.74) is 0.759. The number of aryl methyl sites for hydroxylation is 1. The molecule has 0 fully saturated rings. The minimum atomic E-state index is -4.32. The fourth-order valence-corrected chi connectivity index (χ4v) is 3.63. The lowest BCUT2D eigenvalue weighted by Gasteiger charge is -2.16. The average Bonchev–Trinajstić information content (AvgIpc) is 2.67. The normalized spacial score (nSPS) is 11.7. The summed E-state index contributed by atoms with van der Waals surface area (Å²) in [6.07, 6.45) is 0. The van der Waals surface area contributed by atoms with Crippen molar-refractivity contribution < 1.29 is 40.2 Å². The first kappa shape index (κ1) is 22.6. The summed E-state index contributed by atoms with van der Waals surface area (Å²) in [6.45, 7) is 1.79. The third-order valence-corrected chi connectivity index (χ3v) is 5.80. The first-order valence-electron chi connectivity index (χ1n) is 8.67. The van der Waals surface area contributed by atoms with Crippen LogP contribution in [0.3, 0.4) is 0 Å². The Morgan fingerprint density at radius 3 is 1.32 bits per heavy atom. The van der Waals surface area contributed by atoms with Crippen molar-refractivity contribution >= 4 is 20.2 Å². The van der Waals surface area contributed by atoms with E-state index in [0.29, 0.717) is 11.5 Å². The van der Waals surface area contributed by atoms with Crippen LogP contribution in [-0.2, 0) is 20.2 Å². The van der Waals surface area contributed by atoms with Crippen molar-refractivity contribution in [2.45, 2.75) is 16.7 Å². The van der Waals surface area contributed by atoms with Gasteiger partial charge in [-0.25, -0.2) is 0 Å². The molecular formula is C20H18O9S2. The highest BCUT2D eigenvalue weighted by atomic mass is 32.2. The van der Waals surface area contributed by atoms with E-state index in [0.717, 1.165) is 5.56 Å². The molecule has 0 aliphatic rings. The lowest BCUT2D eigenvalue weighted by atomic mass is 10.2.